The third kappa shape index (κ3) is 4.40. The number of rotatable bonds is 7. The average Bonchev–Trinajstić information content (AvgIpc) is 2.98. The first-order chi connectivity index (χ1) is 14.3. The van der Waals surface area contributed by atoms with Crippen LogP contribution in [0.2, 0.25) is 5.02 Å². The van der Waals surface area contributed by atoms with Gasteiger partial charge in [-0.1, -0.05) is 29.4 Å². The third-order valence-electron chi connectivity index (χ3n) is 4.64. The van der Waals surface area contributed by atoms with Gasteiger partial charge in [0.2, 0.25) is 5.91 Å². The number of thiophene rings is 1. The first-order valence-corrected chi connectivity index (χ1v) is 11.3. The number of halogens is 1. The fourth-order valence-electron chi connectivity index (χ4n) is 2.91. The number of nitrogens with one attached hydrogen (secondary N) is 1. The zero-order valence-corrected chi connectivity index (χ0v) is 19.5. The molecule has 9 heteroatoms. The third-order valence-corrected chi connectivity index (χ3v) is 7.06. The Kier molecular flexibility index (Phi) is 6.90. The van der Waals surface area contributed by atoms with E-state index in [0.717, 1.165) is 10.4 Å². The number of ether oxygens (including phenoxy) is 1. The van der Waals surface area contributed by atoms with E-state index in [1.54, 1.807) is 35.8 Å². The zero-order chi connectivity index (χ0) is 22.0. The van der Waals surface area contributed by atoms with E-state index in [0.29, 0.717) is 38.4 Å². The molecule has 3 rings (SSSR count). The predicted molar refractivity (Wildman–Crippen MR) is 126 cm³/mol. The van der Waals surface area contributed by atoms with Gasteiger partial charge < -0.3 is 10.1 Å². The number of nitrogens with zero attached hydrogens (tertiary/aromatic N) is 2. The van der Waals surface area contributed by atoms with Crippen LogP contribution in [-0.2, 0) is 11.3 Å². The number of carbonyl (C=O) groups is 1. The number of hydrogen-bond donors (Lipinski definition) is 1. The first kappa shape index (κ1) is 22.4. The van der Waals surface area contributed by atoms with Crippen LogP contribution in [0.3, 0.4) is 0 Å². The summed E-state index contributed by atoms with van der Waals surface area (Å²) < 4.78 is 6.84. The summed E-state index contributed by atoms with van der Waals surface area (Å²) in [5, 5.41) is 3.92. The van der Waals surface area contributed by atoms with Crippen molar-refractivity contribution in [1.82, 2.24) is 9.55 Å². The van der Waals surface area contributed by atoms with Crippen molar-refractivity contribution in [3.63, 3.8) is 0 Å². The monoisotopic (exact) mass is 463 g/mol. The number of methoxy groups -OCH3 is 1. The van der Waals surface area contributed by atoms with E-state index in [4.69, 9.17) is 16.3 Å². The molecule has 6 nitrogen and oxygen atoms in total. The molecule has 158 valence electrons. The highest BCUT2D eigenvalue weighted by molar-refractivity contribution is 8.00. The molecule has 0 fully saturated rings. The van der Waals surface area contributed by atoms with Gasteiger partial charge in [-0.05, 0) is 44.5 Å². The molecule has 1 atom stereocenters. The van der Waals surface area contributed by atoms with Crippen molar-refractivity contribution in [2.75, 3.05) is 12.4 Å². The number of amides is 1. The van der Waals surface area contributed by atoms with E-state index in [9.17, 15) is 9.59 Å². The highest BCUT2D eigenvalue weighted by Crippen LogP contribution is 2.31. The van der Waals surface area contributed by atoms with E-state index in [-0.39, 0.29) is 11.5 Å². The minimum atomic E-state index is -0.517. The molecule has 0 saturated heterocycles. The maximum Gasteiger partial charge on any atom is 0.263 e. The van der Waals surface area contributed by atoms with Crippen LogP contribution in [0, 0.1) is 13.8 Å². The summed E-state index contributed by atoms with van der Waals surface area (Å²) in [5.74, 6) is 0.260. The lowest BCUT2D eigenvalue weighted by Gasteiger charge is -2.16. The lowest BCUT2D eigenvalue weighted by molar-refractivity contribution is -0.115. The van der Waals surface area contributed by atoms with Gasteiger partial charge in [-0.2, -0.15) is 0 Å². The standard InChI is InChI=1S/C21H22ClN3O3S2/c1-6-9-25-20(27)17-11(2)12(3)29-19(17)24-21(25)30-13(4)18(26)23-15-10-14(22)7-8-16(15)28-5/h6-8,10,13H,1,9H2,2-5H3,(H,23,26). The van der Waals surface area contributed by atoms with E-state index in [1.807, 2.05) is 13.8 Å². The van der Waals surface area contributed by atoms with Crippen LogP contribution in [0.4, 0.5) is 5.69 Å². The number of thioether (sulfide) groups is 1. The summed E-state index contributed by atoms with van der Waals surface area (Å²) in [4.78, 5) is 32.3. The Morgan fingerprint density at radius 2 is 2.20 bits per heavy atom. The number of anilines is 1. The van der Waals surface area contributed by atoms with Crippen LogP contribution in [0.25, 0.3) is 10.2 Å². The number of benzene rings is 1. The molecule has 30 heavy (non-hydrogen) atoms. The smallest absolute Gasteiger partial charge is 0.263 e. The number of aryl methyl sites for hydroxylation is 2. The number of aromatic nitrogens is 2. The Morgan fingerprint density at radius 1 is 1.47 bits per heavy atom. The Hall–Kier alpha value is -2.29. The van der Waals surface area contributed by atoms with Crippen molar-refractivity contribution >= 4 is 56.5 Å². The number of fused-ring (bicyclic) bond motifs is 1. The van der Waals surface area contributed by atoms with Gasteiger partial charge in [0.15, 0.2) is 5.16 Å². The van der Waals surface area contributed by atoms with Gasteiger partial charge in [0.1, 0.15) is 10.6 Å². The first-order valence-electron chi connectivity index (χ1n) is 9.19. The Balaban J connectivity index is 1.92. The molecule has 1 amide bonds. The molecular formula is C21H22ClN3O3S2. The lowest BCUT2D eigenvalue weighted by atomic mass is 10.2. The maximum absolute atomic E-state index is 13.1. The van der Waals surface area contributed by atoms with Gasteiger partial charge in [0.05, 0.1) is 23.4 Å². The van der Waals surface area contributed by atoms with Crippen LogP contribution in [0.15, 0.2) is 40.8 Å². The van der Waals surface area contributed by atoms with Gasteiger partial charge in [-0.15, -0.1) is 17.9 Å². The Morgan fingerprint density at radius 3 is 2.87 bits per heavy atom. The van der Waals surface area contributed by atoms with Gasteiger partial charge in [0.25, 0.3) is 5.56 Å². The van der Waals surface area contributed by atoms with Crippen LogP contribution in [0.1, 0.15) is 17.4 Å². The second kappa shape index (κ2) is 9.24. The molecule has 2 heterocycles. The molecule has 0 radical (unpaired) electrons. The Bertz CT molecular complexity index is 1190. The fraction of sp³-hybridized carbons (Fsp3) is 0.286. The molecule has 2 aromatic heterocycles. The van der Waals surface area contributed by atoms with E-state index in [2.05, 4.69) is 16.9 Å². The summed E-state index contributed by atoms with van der Waals surface area (Å²) in [6.45, 7) is 9.72. The average molecular weight is 464 g/mol. The molecule has 1 N–H and O–H groups in total. The summed E-state index contributed by atoms with van der Waals surface area (Å²) in [6, 6.07) is 5.01. The zero-order valence-electron chi connectivity index (χ0n) is 17.1. The fourth-order valence-corrected chi connectivity index (χ4v) is 5.07. The summed E-state index contributed by atoms with van der Waals surface area (Å²) in [7, 11) is 1.52. The molecular weight excluding hydrogens is 442 g/mol. The van der Waals surface area contributed by atoms with E-state index in [1.165, 1.54) is 30.2 Å². The van der Waals surface area contributed by atoms with Crippen molar-refractivity contribution in [2.45, 2.75) is 37.7 Å². The van der Waals surface area contributed by atoms with E-state index >= 15 is 0 Å². The molecule has 1 aromatic carbocycles. The van der Waals surface area contributed by atoms with Crippen molar-refractivity contribution in [2.24, 2.45) is 0 Å². The maximum atomic E-state index is 13.1. The molecule has 0 aliphatic heterocycles. The summed E-state index contributed by atoms with van der Waals surface area (Å²) >= 11 is 8.75. The quantitative estimate of drug-likeness (QED) is 0.302. The minimum Gasteiger partial charge on any atom is -0.495 e. The topological polar surface area (TPSA) is 73.2 Å². The minimum absolute atomic E-state index is 0.117. The molecule has 0 bridgehead atoms. The largest absolute Gasteiger partial charge is 0.495 e. The van der Waals surface area contributed by atoms with Crippen LogP contribution in [0.5, 0.6) is 5.75 Å². The second-order valence-electron chi connectivity index (χ2n) is 6.66. The van der Waals surface area contributed by atoms with Gasteiger partial charge >= 0.3 is 0 Å². The summed E-state index contributed by atoms with van der Waals surface area (Å²) in [5.41, 5.74) is 1.31. The van der Waals surface area contributed by atoms with Gasteiger partial charge in [0, 0.05) is 16.4 Å². The van der Waals surface area contributed by atoms with Gasteiger partial charge in [-0.3, -0.25) is 14.2 Å². The molecule has 3 aromatic rings. The Labute approximate surface area is 187 Å². The van der Waals surface area contributed by atoms with Crippen molar-refractivity contribution < 1.29 is 9.53 Å². The molecule has 1 unspecified atom stereocenters. The SMILES string of the molecule is C=CCn1c(SC(C)C(=O)Nc2cc(Cl)ccc2OC)nc2sc(C)c(C)c2c1=O. The highest BCUT2D eigenvalue weighted by atomic mass is 35.5. The van der Waals surface area contributed by atoms with Crippen LogP contribution < -0.4 is 15.6 Å². The second-order valence-corrected chi connectivity index (χ2v) is 9.60. The van der Waals surface area contributed by atoms with Crippen LogP contribution in [-0.4, -0.2) is 27.8 Å². The predicted octanol–water partition coefficient (Wildman–Crippen LogP) is 5.04. The lowest BCUT2D eigenvalue weighted by Crippen LogP contribution is -2.26. The molecule has 0 spiro atoms. The number of hydrogen-bond acceptors (Lipinski definition) is 6. The molecule has 0 aliphatic rings. The van der Waals surface area contributed by atoms with E-state index < -0.39 is 5.25 Å². The number of carbonyl (C=O) groups excluding carboxylic acids is 1. The molecule has 0 saturated carbocycles. The van der Waals surface area contributed by atoms with Gasteiger partial charge in [-0.25, -0.2) is 4.98 Å². The van der Waals surface area contributed by atoms with Crippen molar-refractivity contribution in [3.8, 4) is 5.75 Å². The van der Waals surface area contributed by atoms with Crippen molar-refractivity contribution in [3.05, 3.63) is 56.7 Å². The van der Waals surface area contributed by atoms with Crippen LogP contribution >= 0.6 is 34.7 Å². The summed E-state index contributed by atoms with van der Waals surface area (Å²) in [6.07, 6.45) is 1.65. The normalized spacial score (nSPS) is 12.0. The highest BCUT2D eigenvalue weighted by Gasteiger charge is 2.22. The number of allylic oxidation sites excluding steroid dienone is 1. The molecule has 0 aliphatic carbocycles. The van der Waals surface area contributed by atoms with Crippen molar-refractivity contribution in [1.29, 1.82) is 0 Å².